The van der Waals surface area contributed by atoms with Crippen LogP contribution in [-0.4, -0.2) is 41.0 Å². The molecule has 0 spiro atoms. The first-order valence-corrected chi connectivity index (χ1v) is 7.07. The third kappa shape index (κ3) is 3.15. The molecule has 3 rings (SSSR count). The highest BCUT2D eigenvalue weighted by Crippen LogP contribution is 2.25. The Morgan fingerprint density at radius 1 is 1.52 bits per heavy atom. The topological polar surface area (TPSA) is 76.5 Å². The molecule has 2 aromatic rings. The van der Waals surface area contributed by atoms with E-state index in [1.54, 1.807) is 30.6 Å². The molecule has 7 nitrogen and oxygen atoms in total. The number of cyclic esters (lactones) is 1. The van der Waals surface area contributed by atoms with Gasteiger partial charge in [0.25, 0.3) is 0 Å². The fourth-order valence-corrected chi connectivity index (χ4v) is 2.36. The highest BCUT2D eigenvalue weighted by atomic mass is 19.1. The second kappa shape index (κ2) is 6.07. The van der Waals surface area contributed by atoms with E-state index in [4.69, 9.17) is 4.74 Å². The molecular formula is C15H15FN4O3. The highest BCUT2D eigenvalue weighted by molar-refractivity contribution is 5.90. The molecule has 1 atom stereocenters. The van der Waals surface area contributed by atoms with E-state index in [1.165, 1.54) is 22.6 Å². The third-order valence-corrected chi connectivity index (χ3v) is 3.45. The van der Waals surface area contributed by atoms with E-state index < -0.39 is 18.0 Å². The van der Waals surface area contributed by atoms with E-state index >= 15 is 0 Å². The number of hydrogen-bond acceptors (Lipinski definition) is 4. The summed E-state index contributed by atoms with van der Waals surface area (Å²) in [4.78, 5) is 24.1. The van der Waals surface area contributed by atoms with Gasteiger partial charge in [0, 0.05) is 19.3 Å². The third-order valence-electron chi connectivity index (χ3n) is 3.45. The van der Waals surface area contributed by atoms with E-state index in [2.05, 4.69) is 10.4 Å². The molecule has 0 radical (unpaired) electrons. The molecule has 0 aliphatic carbocycles. The molecule has 1 aliphatic heterocycles. The summed E-state index contributed by atoms with van der Waals surface area (Å²) in [6.07, 6.45) is 2.16. The van der Waals surface area contributed by atoms with Gasteiger partial charge in [-0.2, -0.15) is 5.10 Å². The maximum absolute atomic E-state index is 14.2. The summed E-state index contributed by atoms with van der Waals surface area (Å²) in [7, 11) is 0. The summed E-state index contributed by atoms with van der Waals surface area (Å²) in [5, 5.41) is 6.56. The summed E-state index contributed by atoms with van der Waals surface area (Å²) in [5.74, 6) is -0.696. The molecule has 1 fully saturated rings. The number of halogens is 1. The van der Waals surface area contributed by atoms with E-state index in [-0.39, 0.29) is 19.0 Å². The van der Waals surface area contributed by atoms with Crippen molar-refractivity contribution in [3.63, 3.8) is 0 Å². The fraction of sp³-hybridized carbons (Fsp3) is 0.267. The minimum Gasteiger partial charge on any atom is -0.442 e. The lowest BCUT2D eigenvalue weighted by Crippen LogP contribution is -2.33. The van der Waals surface area contributed by atoms with Crippen LogP contribution < -0.4 is 10.2 Å². The summed E-state index contributed by atoms with van der Waals surface area (Å²) in [5.41, 5.74) is 0.690. The Bertz CT molecular complexity index is 732. The van der Waals surface area contributed by atoms with Crippen LogP contribution in [0.15, 0.2) is 36.7 Å². The normalized spacial score (nSPS) is 17.2. The first-order chi connectivity index (χ1) is 11.0. The van der Waals surface area contributed by atoms with Crippen LogP contribution in [0.4, 0.5) is 14.9 Å². The molecule has 0 saturated carbocycles. The molecule has 2 amide bonds. The van der Waals surface area contributed by atoms with Crippen molar-refractivity contribution in [3.8, 4) is 5.69 Å². The Labute approximate surface area is 131 Å². The van der Waals surface area contributed by atoms with Crippen molar-refractivity contribution in [1.82, 2.24) is 15.1 Å². The van der Waals surface area contributed by atoms with Gasteiger partial charge in [-0.25, -0.2) is 13.9 Å². The van der Waals surface area contributed by atoms with Crippen LogP contribution in [0.3, 0.4) is 0 Å². The summed E-state index contributed by atoms with van der Waals surface area (Å²) >= 11 is 0. The fourth-order valence-electron chi connectivity index (χ4n) is 2.36. The highest BCUT2D eigenvalue weighted by Gasteiger charge is 2.32. The predicted octanol–water partition coefficient (Wildman–Crippen LogP) is 1.47. The lowest BCUT2D eigenvalue weighted by molar-refractivity contribution is -0.119. The van der Waals surface area contributed by atoms with Gasteiger partial charge in [0.05, 0.1) is 18.8 Å². The Morgan fingerprint density at radius 2 is 2.35 bits per heavy atom. The quantitative estimate of drug-likeness (QED) is 0.926. The number of nitrogens with one attached hydrogen (secondary N) is 1. The smallest absolute Gasteiger partial charge is 0.414 e. The molecule has 1 aromatic carbocycles. The first-order valence-electron chi connectivity index (χ1n) is 7.07. The van der Waals surface area contributed by atoms with Crippen LogP contribution in [0.5, 0.6) is 0 Å². The molecular weight excluding hydrogens is 303 g/mol. The number of hydrogen-bond donors (Lipinski definition) is 1. The van der Waals surface area contributed by atoms with Gasteiger partial charge in [0.15, 0.2) is 5.82 Å². The number of aromatic nitrogens is 2. The number of amides is 2. The molecule has 1 N–H and O–H groups in total. The second-order valence-electron chi connectivity index (χ2n) is 5.14. The average molecular weight is 318 g/mol. The first kappa shape index (κ1) is 15.0. The van der Waals surface area contributed by atoms with Crippen LogP contribution in [0.2, 0.25) is 0 Å². The second-order valence-corrected chi connectivity index (χ2v) is 5.14. The number of nitrogens with zero attached hydrogens (tertiary/aromatic N) is 3. The van der Waals surface area contributed by atoms with E-state index in [1.807, 2.05) is 0 Å². The Morgan fingerprint density at radius 3 is 3.00 bits per heavy atom. The van der Waals surface area contributed by atoms with Crippen LogP contribution in [0.25, 0.3) is 5.69 Å². The maximum Gasteiger partial charge on any atom is 0.414 e. The standard InChI is InChI=1S/C15H15FN4O3/c1-10(21)17-8-12-9-19(15(22)23-12)11-3-4-14(13(16)7-11)20-6-2-5-18-20/h2-7,12H,8-9H2,1H3,(H,17,21). The van der Waals surface area contributed by atoms with Crippen LogP contribution in [0, 0.1) is 5.82 Å². The zero-order valence-corrected chi connectivity index (χ0v) is 12.4. The Kier molecular flexibility index (Phi) is 3.96. The van der Waals surface area contributed by atoms with E-state index in [0.29, 0.717) is 11.4 Å². The largest absolute Gasteiger partial charge is 0.442 e. The number of benzene rings is 1. The van der Waals surface area contributed by atoms with Gasteiger partial charge >= 0.3 is 6.09 Å². The molecule has 8 heteroatoms. The van der Waals surface area contributed by atoms with Crippen LogP contribution in [-0.2, 0) is 9.53 Å². The van der Waals surface area contributed by atoms with Gasteiger partial charge in [-0.1, -0.05) is 0 Å². The van der Waals surface area contributed by atoms with Crippen molar-refractivity contribution < 1.29 is 18.7 Å². The predicted molar refractivity (Wildman–Crippen MR) is 79.8 cm³/mol. The van der Waals surface area contributed by atoms with Crippen LogP contribution >= 0.6 is 0 Å². The average Bonchev–Trinajstić information content (AvgIpc) is 3.14. The number of ether oxygens (including phenoxy) is 1. The molecule has 0 bridgehead atoms. The van der Waals surface area contributed by atoms with Crippen molar-refractivity contribution in [2.75, 3.05) is 18.0 Å². The Hall–Kier alpha value is -2.90. The van der Waals surface area contributed by atoms with Crippen LogP contribution in [0.1, 0.15) is 6.92 Å². The molecule has 1 unspecified atom stereocenters. The van der Waals surface area contributed by atoms with Gasteiger partial charge in [-0.3, -0.25) is 9.69 Å². The maximum atomic E-state index is 14.2. The van der Waals surface area contributed by atoms with E-state index in [9.17, 15) is 14.0 Å². The Balaban J connectivity index is 1.76. The number of carbonyl (C=O) groups excluding carboxylic acids is 2. The molecule has 1 aromatic heterocycles. The van der Waals surface area contributed by atoms with Crippen molar-refractivity contribution in [1.29, 1.82) is 0 Å². The van der Waals surface area contributed by atoms with Crippen molar-refractivity contribution >= 4 is 17.7 Å². The van der Waals surface area contributed by atoms with Gasteiger partial charge in [-0.15, -0.1) is 0 Å². The molecule has 120 valence electrons. The zero-order valence-electron chi connectivity index (χ0n) is 12.4. The summed E-state index contributed by atoms with van der Waals surface area (Å²) in [6, 6.07) is 6.13. The van der Waals surface area contributed by atoms with E-state index in [0.717, 1.165) is 0 Å². The number of rotatable bonds is 4. The lowest BCUT2D eigenvalue weighted by Gasteiger charge is -2.14. The van der Waals surface area contributed by atoms with Crippen molar-refractivity contribution in [3.05, 3.63) is 42.5 Å². The molecule has 2 heterocycles. The minimum absolute atomic E-state index is 0.200. The SMILES string of the molecule is CC(=O)NCC1CN(c2ccc(-n3cccn3)c(F)c2)C(=O)O1. The number of carbonyl (C=O) groups is 2. The molecule has 1 aliphatic rings. The van der Waals surface area contributed by atoms with Crippen molar-refractivity contribution in [2.24, 2.45) is 0 Å². The molecule has 1 saturated heterocycles. The monoisotopic (exact) mass is 318 g/mol. The zero-order chi connectivity index (χ0) is 16.4. The lowest BCUT2D eigenvalue weighted by atomic mass is 10.2. The summed E-state index contributed by atoms with van der Waals surface area (Å²) in [6.45, 7) is 1.86. The van der Waals surface area contributed by atoms with Gasteiger partial charge in [-0.05, 0) is 24.3 Å². The molecule has 23 heavy (non-hydrogen) atoms. The van der Waals surface area contributed by atoms with Crippen molar-refractivity contribution in [2.45, 2.75) is 13.0 Å². The van der Waals surface area contributed by atoms with Gasteiger partial charge < -0.3 is 10.1 Å². The van der Waals surface area contributed by atoms with Gasteiger partial charge in [0.2, 0.25) is 5.91 Å². The van der Waals surface area contributed by atoms with Gasteiger partial charge in [0.1, 0.15) is 11.8 Å². The summed E-state index contributed by atoms with van der Waals surface area (Å²) < 4.78 is 20.8. The minimum atomic E-state index is -0.563. The number of anilines is 1.